The lowest BCUT2D eigenvalue weighted by Gasteiger charge is -2.30. The summed E-state index contributed by atoms with van der Waals surface area (Å²) in [5.74, 6) is -1.89. The van der Waals surface area contributed by atoms with Crippen molar-refractivity contribution in [3.63, 3.8) is 0 Å². The zero-order valence-corrected chi connectivity index (χ0v) is 11.8. The van der Waals surface area contributed by atoms with Gasteiger partial charge in [-0.05, 0) is 24.5 Å². The van der Waals surface area contributed by atoms with Crippen molar-refractivity contribution in [3.05, 3.63) is 35.4 Å². The SMILES string of the molecule is O=C(O)[C@H]1CCCN(C(=O)Cc2cccc(C(F)(F)F)c2)C1. The number of carboxylic acid groups (broad SMARTS) is 1. The Bertz CT molecular complexity index is 571. The van der Waals surface area contributed by atoms with Gasteiger partial charge < -0.3 is 10.0 Å². The quantitative estimate of drug-likeness (QED) is 0.932. The first-order valence-electron chi connectivity index (χ1n) is 6.94. The number of carbonyl (C=O) groups excluding carboxylic acids is 1. The van der Waals surface area contributed by atoms with Crippen LogP contribution in [0.3, 0.4) is 0 Å². The molecule has 4 nitrogen and oxygen atoms in total. The molecular formula is C15H16F3NO3. The molecule has 120 valence electrons. The lowest BCUT2D eigenvalue weighted by molar-refractivity contribution is -0.145. The fourth-order valence-corrected chi connectivity index (χ4v) is 2.55. The van der Waals surface area contributed by atoms with E-state index in [0.717, 1.165) is 12.1 Å². The predicted molar refractivity (Wildman–Crippen MR) is 72.1 cm³/mol. The molecule has 1 aliphatic rings. The first kappa shape index (κ1) is 16.3. The fraction of sp³-hybridized carbons (Fsp3) is 0.467. The highest BCUT2D eigenvalue weighted by Crippen LogP contribution is 2.29. The van der Waals surface area contributed by atoms with Gasteiger partial charge in [0.05, 0.1) is 17.9 Å². The van der Waals surface area contributed by atoms with Gasteiger partial charge in [0.15, 0.2) is 0 Å². The van der Waals surface area contributed by atoms with Crippen LogP contribution in [0.25, 0.3) is 0 Å². The average Bonchev–Trinajstić information content (AvgIpc) is 2.46. The monoisotopic (exact) mass is 315 g/mol. The molecule has 1 N–H and O–H groups in total. The van der Waals surface area contributed by atoms with Gasteiger partial charge in [-0.15, -0.1) is 0 Å². The number of carboxylic acids is 1. The molecule has 0 aliphatic carbocycles. The van der Waals surface area contributed by atoms with Gasteiger partial charge in [-0.1, -0.05) is 18.2 Å². The van der Waals surface area contributed by atoms with Crippen LogP contribution in [0, 0.1) is 5.92 Å². The Hall–Kier alpha value is -2.05. The summed E-state index contributed by atoms with van der Waals surface area (Å²) in [6.07, 6.45) is -3.50. The summed E-state index contributed by atoms with van der Waals surface area (Å²) < 4.78 is 37.9. The van der Waals surface area contributed by atoms with Gasteiger partial charge >= 0.3 is 12.1 Å². The van der Waals surface area contributed by atoms with Crippen LogP contribution in [0.2, 0.25) is 0 Å². The van der Waals surface area contributed by atoms with Crippen molar-refractivity contribution in [2.45, 2.75) is 25.4 Å². The second-order valence-corrected chi connectivity index (χ2v) is 5.39. The number of rotatable bonds is 3. The molecule has 0 saturated carbocycles. The maximum absolute atomic E-state index is 12.6. The number of hydrogen-bond donors (Lipinski definition) is 1. The second-order valence-electron chi connectivity index (χ2n) is 5.39. The molecule has 1 aromatic rings. The van der Waals surface area contributed by atoms with Gasteiger partial charge in [-0.3, -0.25) is 9.59 Å². The van der Waals surface area contributed by atoms with Gasteiger partial charge in [-0.25, -0.2) is 0 Å². The number of likely N-dealkylation sites (tertiary alicyclic amines) is 1. The third kappa shape index (κ3) is 3.99. The summed E-state index contributed by atoms with van der Waals surface area (Å²) in [6.45, 7) is 0.564. The van der Waals surface area contributed by atoms with Crippen molar-refractivity contribution in [3.8, 4) is 0 Å². The van der Waals surface area contributed by atoms with E-state index in [4.69, 9.17) is 5.11 Å². The minimum Gasteiger partial charge on any atom is -0.481 e. The molecule has 0 radical (unpaired) electrons. The van der Waals surface area contributed by atoms with Gasteiger partial charge in [0.25, 0.3) is 0 Å². The molecule has 0 bridgehead atoms. The molecule has 1 heterocycles. The Kier molecular flexibility index (Phi) is 4.73. The normalized spacial score (nSPS) is 19.0. The lowest BCUT2D eigenvalue weighted by atomic mass is 9.97. The molecule has 0 spiro atoms. The number of alkyl halides is 3. The zero-order chi connectivity index (χ0) is 16.3. The summed E-state index contributed by atoms with van der Waals surface area (Å²) in [6, 6.07) is 4.64. The lowest BCUT2D eigenvalue weighted by Crippen LogP contribution is -2.43. The maximum Gasteiger partial charge on any atom is 0.416 e. The summed E-state index contributed by atoms with van der Waals surface area (Å²) >= 11 is 0. The number of halogens is 3. The first-order valence-corrected chi connectivity index (χ1v) is 6.94. The molecule has 0 aromatic heterocycles. The van der Waals surface area contributed by atoms with Crippen molar-refractivity contribution in [1.29, 1.82) is 0 Å². The molecule has 1 atom stereocenters. The topological polar surface area (TPSA) is 57.6 Å². The van der Waals surface area contributed by atoms with Crippen LogP contribution in [-0.2, 0) is 22.2 Å². The van der Waals surface area contributed by atoms with E-state index in [1.54, 1.807) is 0 Å². The van der Waals surface area contributed by atoms with Gasteiger partial charge in [-0.2, -0.15) is 13.2 Å². The number of carbonyl (C=O) groups is 2. The standard InChI is InChI=1S/C15H16F3NO3/c16-15(17,18)12-5-1-3-10(7-12)8-13(20)19-6-2-4-11(9-19)14(21)22/h1,3,5,7,11H,2,4,6,8-9H2,(H,21,22)/t11-/m0/s1. The molecule has 1 amide bonds. The molecule has 2 rings (SSSR count). The van der Waals surface area contributed by atoms with Crippen molar-refractivity contribution < 1.29 is 27.9 Å². The predicted octanol–water partition coefficient (Wildman–Crippen LogP) is 2.57. The summed E-state index contributed by atoms with van der Waals surface area (Å²) in [5, 5.41) is 8.99. The van der Waals surface area contributed by atoms with Gasteiger partial charge in [0.2, 0.25) is 5.91 Å². The summed E-state index contributed by atoms with van der Waals surface area (Å²) in [7, 11) is 0. The smallest absolute Gasteiger partial charge is 0.416 e. The molecular weight excluding hydrogens is 299 g/mol. The van der Waals surface area contributed by atoms with Crippen LogP contribution < -0.4 is 0 Å². The van der Waals surface area contributed by atoms with E-state index in [1.807, 2.05) is 0 Å². The zero-order valence-electron chi connectivity index (χ0n) is 11.8. The van der Waals surface area contributed by atoms with E-state index in [1.165, 1.54) is 17.0 Å². The van der Waals surface area contributed by atoms with Crippen LogP contribution in [-0.4, -0.2) is 35.0 Å². The van der Waals surface area contributed by atoms with Crippen LogP contribution in [0.15, 0.2) is 24.3 Å². The van der Waals surface area contributed by atoms with E-state index in [9.17, 15) is 22.8 Å². The Morgan fingerprint density at radius 2 is 2.05 bits per heavy atom. The molecule has 1 fully saturated rings. The van der Waals surface area contributed by atoms with E-state index in [2.05, 4.69) is 0 Å². The minimum atomic E-state index is -4.45. The summed E-state index contributed by atoms with van der Waals surface area (Å²) in [4.78, 5) is 24.5. The number of hydrogen-bond acceptors (Lipinski definition) is 2. The minimum absolute atomic E-state index is 0.118. The van der Waals surface area contributed by atoms with Gasteiger partial charge in [0.1, 0.15) is 0 Å². The molecule has 1 aromatic carbocycles. The highest BCUT2D eigenvalue weighted by atomic mass is 19.4. The van der Waals surface area contributed by atoms with E-state index in [-0.39, 0.29) is 24.4 Å². The maximum atomic E-state index is 12.6. The first-order chi connectivity index (χ1) is 10.3. The summed E-state index contributed by atoms with van der Waals surface area (Å²) in [5.41, 5.74) is -0.517. The van der Waals surface area contributed by atoms with Crippen molar-refractivity contribution in [2.24, 2.45) is 5.92 Å². The molecule has 1 saturated heterocycles. The fourth-order valence-electron chi connectivity index (χ4n) is 2.55. The third-order valence-electron chi connectivity index (χ3n) is 3.73. The number of benzene rings is 1. The van der Waals surface area contributed by atoms with Crippen molar-refractivity contribution in [2.75, 3.05) is 13.1 Å². The Morgan fingerprint density at radius 3 is 2.68 bits per heavy atom. The van der Waals surface area contributed by atoms with Crippen LogP contribution in [0.5, 0.6) is 0 Å². The molecule has 22 heavy (non-hydrogen) atoms. The third-order valence-corrected chi connectivity index (χ3v) is 3.73. The van der Waals surface area contributed by atoms with Crippen LogP contribution in [0.1, 0.15) is 24.0 Å². The highest BCUT2D eigenvalue weighted by Gasteiger charge is 2.31. The van der Waals surface area contributed by atoms with Crippen molar-refractivity contribution in [1.82, 2.24) is 4.90 Å². The number of piperidine rings is 1. The van der Waals surface area contributed by atoms with Crippen molar-refractivity contribution >= 4 is 11.9 Å². The van der Waals surface area contributed by atoms with Crippen LogP contribution >= 0.6 is 0 Å². The highest BCUT2D eigenvalue weighted by molar-refractivity contribution is 5.80. The Balaban J connectivity index is 2.04. The van der Waals surface area contributed by atoms with Gasteiger partial charge in [0, 0.05) is 13.1 Å². The number of nitrogens with zero attached hydrogens (tertiary/aromatic N) is 1. The second kappa shape index (κ2) is 6.37. The van der Waals surface area contributed by atoms with E-state index in [0.29, 0.717) is 19.4 Å². The molecule has 0 unspecified atom stereocenters. The Morgan fingerprint density at radius 1 is 1.32 bits per heavy atom. The van der Waals surface area contributed by atoms with Crippen LogP contribution in [0.4, 0.5) is 13.2 Å². The number of amides is 1. The molecule has 7 heteroatoms. The van der Waals surface area contributed by atoms with E-state index >= 15 is 0 Å². The largest absolute Gasteiger partial charge is 0.481 e. The molecule has 1 aliphatic heterocycles. The van der Waals surface area contributed by atoms with E-state index < -0.39 is 23.6 Å². The Labute approximate surface area is 125 Å². The average molecular weight is 315 g/mol. The number of aliphatic carboxylic acids is 1.